The Balaban J connectivity index is 2.29. The second-order valence-corrected chi connectivity index (χ2v) is 5.29. The summed E-state index contributed by atoms with van der Waals surface area (Å²) in [5.74, 6) is 0.388. The summed E-state index contributed by atoms with van der Waals surface area (Å²) in [5, 5.41) is 3.38. The van der Waals surface area contributed by atoms with Gasteiger partial charge in [0.2, 0.25) is 0 Å². The number of nitrogens with one attached hydrogen (secondary N) is 1. The van der Waals surface area contributed by atoms with Gasteiger partial charge < -0.3 is 10.1 Å². The van der Waals surface area contributed by atoms with Crippen LogP contribution in [0.4, 0.5) is 4.39 Å². The lowest BCUT2D eigenvalue weighted by Gasteiger charge is -2.20. The summed E-state index contributed by atoms with van der Waals surface area (Å²) in [6, 6.07) is 4.62. The molecule has 1 aromatic carbocycles. The number of hydrogen-bond donors (Lipinski definition) is 1. The lowest BCUT2D eigenvalue weighted by Crippen LogP contribution is -2.36. The highest BCUT2D eigenvalue weighted by atomic mass is 19.1. The van der Waals surface area contributed by atoms with Crippen LogP contribution in [0.3, 0.4) is 0 Å². The fraction of sp³-hybridized carbons (Fsp3) is 0.571. The Kier molecular flexibility index (Phi) is 4.94. The lowest BCUT2D eigenvalue weighted by molar-refractivity contribution is 0.295. The van der Waals surface area contributed by atoms with Gasteiger partial charge in [-0.3, -0.25) is 0 Å². The van der Waals surface area contributed by atoms with Crippen molar-refractivity contribution in [3.63, 3.8) is 0 Å². The Morgan fingerprint density at radius 2 is 2.00 bits per heavy atom. The first-order valence-corrected chi connectivity index (χ1v) is 6.02. The second kappa shape index (κ2) is 6.01. The molecule has 0 saturated carbocycles. The summed E-state index contributed by atoms with van der Waals surface area (Å²) in [6.45, 7) is 9.81. The fourth-order valence-electron chi connectivity index (χ4n) is 1.45. The summed E-state index contributed by atoms with van der Waals surface area (Å²) < 4.78 is 18.5. The first kappa shape index (κ1) is 14.0. The molecule has 0 aromatic heterocycles. The summed E-state index contributed by atoms with van der Waals surface area (Å²) in [6.07, 6.45) is 0.910. The topological polar surface area (TPSA) is 21.3 Å². The first-order valence-electron chi connectivity index (χ1n) is 6.02. The molecule has 2 nitrogen and oxygen atoms in total. The Bertz CT molecular complexity index is 358. The predicted octanol–water partition coefficient (Wildman–Crippen LogP) is 3.29. The molecule has 0 atom stereocenters. The predicted molar refractivity (Wildman–Crippen MR) is 69.0 cm³/mol. The van der Waals surface area contributed by atoms with Crippen molar-refractivity contribution in [3.8, 4) is 5.75 Å². The molecule has 0 spiro atoms. The molecule has 1 rings (SSSR count). The van der Waals surface area contributed by atoms with Gasteiger partial charge in [-0.1, -0.05) is 6.07 Å². The number of hydrogen-bond acceptors (Lipinski definition) is 2. The smallest absolute Gasteiger partial charge is 0.126 e. The van der Waals surface area contributed by atoms with Gasteiger partial charge in [0.25, 0.3) is 0 Å². The van der Waals surface area contributed by atoms with E-state index in [1.54, 1.807) is 6.07 Å². The van der Waals surface area contributed by atoms with Crippen molar-refractivity contribution >= 4 is 0 Å². The van der Waals surface area contributed by atoms with E-state index in [0.29, 0.717) is 12.4 Å². The van der Waals surface area contributed by atoms with E-state index in [1.165, 1.54) is 12.1 Å². The van der Waals surface area contributed by atoms with Gasteiger partial charge in [0, 0.05) is 11.6 Å². The molecule has 1 aromatic rings. The van der Waals surface area contributed by atoms with E-state index < -0.39 is 0 Å². The quantitative estimate of drug-likeness (QED) is 0.796. The van der Waals surface area contributed by atoms with Crippen LogP contribution >= 0.6 is 0 Å². The Morgan fingerprint density at radius 3 is 2.65 bits per heavy atom. The van der Waals surface area contributed by atoms with Gasteiger partial charge in [0.1, 0.15) is 11.6 Å². The third kappa shape index (κ3) is 5.68. The maximum absolute atomic E-state index is 13.0. The molecule has 0 bridgehead atoms. The first-order chi connectivity index (χ1) is 7.88. The van der Waals surface area contributed by atoms with Crippen molar-refractivity contribution in [2.45, 2.75) is 39.7 Å². The van der Waals surface area contributed by atoms with E-state index in [9.17, 15) is 4.39 Å². The van der Waals surface area contributed by atoms with Gasteiger partial charge in [-0.2, -0.15) is 0 Å². The number of halogens is 1. The minimum absolute atomic E-state index is 0.134. The van der Waals surface area contributed by atoms with E-state index in [-0.39, 0.29) is 11.4 Å². The van der Waals surface area contributed by atoms with Crippen LogP contribution in [0, 0.1) is 12.7 Å². The van der Waals surface area contributed by atoms with Gasteiger partial charge in [-0.25, -0.2) is 4.39 Å². The van der Waals surface area contributed by atoms with Gasteiger partial charge >= 0.3 is 0 Å². The monoisotopic (exact) mass is 239 g/mol. The molecule has 0 heterocycles. The SMILES string of the molecule is Cc1ccc(F)cc1OCCCNC(C)(C)C. The average molecular weight is 239 g/mol. The molecule has 0 unspecified atom stereocenters. The number of rotatable bonds is 5. The molecular formula is C14H22FNO. The molecule has 0 saturated heterocycles. The molecule has 0 aliphatic rings. The van der Waals surface area contributed by atoms with Crippen molar-refractivity contribution in [1.29, 1.82) is 0 Å². The van der Waals surface area contributed by atoms with Crippen LogP contribution in [0.25, 0.3) is 0 Å². The lowest BCUT2D eigenvalue weighted by atomic mass is 10.1. The largest absolute Gasteiger partial charge is 0.493 e. The van der Waals surface area contributed by atoms with Crippen LogP contribution in [0.5, 0.6) is 5.75 Å². The van der Waals surface area contributed by atoms with Gasteiger partial charge in [0.15, 0.2) is 0 Å². The summed E-state index contributed by atoms with van der Waals surface area (Å²) >= 11 is 0. The van der Waals surface area contributed by atoms with Crippen LogP contribution in [0.15, 0.2) is 18.2 Å². The van der Waals surface area contributed by atoms with Crippen LogP contribution in [-0.4, -0.2) is 18.7 Å². The molecule has 3 heteroatoms. The highest BCUT2D eigenvalue weighted by molar-refractivity contribution is 5.32. The second-order valence-electron chi connectivity index (χ2n) is 5.29. The molecule has 0 radical (unpaired) electrons. The Morgan fingerprint density at radius 1 is 1.29 bits per heavy atom. The maximum Gasteiger partial charge on any atom is 0.126 e. The zero-order valence-electron chi connectivity index (χ0n) is 11.1. The Labute approximate surface area is 103 Å². The summed E-state index contributed by atoms with van der Waals surface area (Å²) in [7, 11) is 0. The van der Waals surface area contributed by atoms with Crippen molar-refractivity contribution in [1.82, 2.24) is 5.32 Å². The molecule has 1 N–H and O–H groups in total. The minimum atomic E-state index is -0.251. The van der Waals surface area contributed by atoms with Crippen LogP contribution in [0.2, 0.25) is 0 Å². The van der Waals surface area contributed by atoms with Gasteiger partial charge in [-0.15, -0.1) is 0 Å². The minimum Gasteiger partial charge on any atom is -0.493 e. The van der Waals surface area contributed by atoms with Crippen molar-refractivity contribution in [2.24, 2.45) is 0 Å². The van der Waals surface area contributed by atoms with Crippen molar-refractivity contribution in [2.75, 3.05) is 13.2 Å². The highest BCUT2D eigenvalue weighted by Gasteiger charge is 2.07. The zero-order chi connectivity index (χ0) is 12.9. The van der Waals surface area contributed by atoms with E-state index in [0.717, 1.165) is 18.5 Å². The summed E-state index contributed by atoms with van der Waals surface area (Å²) in [5.41, 5.74) is 1.10. The average Bonchev–Trinajstić information content (AvgIpc) is 2.21. The normalized spacial score (nSPS) is 11.6. The third-order valence-corrected chi connectivity index (χ3v) is 2.38. The van der Waals surface area contributed by atoms with E-state index in [2.05, 4.69) is 26.1 Å². The molecule has 0 fully saturated rings. The van der Waals surface area contributed by atoms with Crippen molar-refractivity contribution in [3.05, 3.63) is 29.6 Å². The van der Waals surface area contributed by atoms with Crippen LogP contribution in [-0.2, 0) is 0 Å². The zero-order valence-corrected chi connectivity index (χ0v) is 11.1. The maximum atomic E-state index is 13.0. The number of ether oxygens (including phenoxy) is 1. The van der Waals surface area contributed by atoms with Crippen LogP contribution < -0.4 is 10.1 Å². The molecule has 0 amide bonds. The summed E-state index contributed by atoms with van der Waals surface area (Å²) in [4.78, 5) is 0. The number of benzene rings is 1. The van der Waals surface area contributed by atoms with E-state index in [4.69, 9.17) is 4.74 Å². The third-order valence-electron chi connectivity index (χ3n) is 2.38. The van der Waals surface area contributed by atoms with E-state index in [1.807, 2.05) is 6.92 Å². The molecular weight excluding hydrogens is 217 g/mol. The fourth-order valence-corrected chi connectivity index (χ4v) is 1.45. The Hall–Kier alpha value is -1.09. The highest BCUT2D eigenvalue weighted by Crippen LogP contribution is 2.18. The number of aryl methyl sites for hydroxylation is 1. The van der Waals surface area contributed by atoms with E-state index >= 15 is 0 Å². The van der Waals surface area contributed by atoms with Gasteiger partial charge in [0.05, 0.1) is 6.61 Å². The standard InChI is InChI=1S/C14H22FNO/c1-11-6-7-12(15)10-13(11)17-9-5-8-16-14(2,3)4/h6-7,10,16H,5,8-9H2,1-4H3. The molecule has 0 aliphatic carbocycles. The van der Waals surface area contributed by atoms with Gasteiger partial charge in [-0.05, 0) is 52.3 Å². The van der Waals surface area contributed by atoms with Crippen LogP contribution in [0.1, 0.15) is 32.8 Å². The van der Waals surface area contributed by atoms with Crippen molar-refractivity contribution < 1.29 is 9.13 Å². The molecule has 17 heavy (non-hydrogen) atoms. The molecule has 96 valence electrons. The molecule has 0 aliphatic heterocycles.